The minimum atomic E-state index is 0.00869. The van der Waals surface area contributed by atoms with E-state index < -0.39 is 0 Å². The molecule has 50 heavy (non-hydrogen) atoms. The van der Waals surface area contributed by atoms with Crippen molar-refractivity contribution in [2.75, 3.05) is 12.4 Å². The van der Waals surface area contributed by atoms with Crippen LogP contribution in [0.25, 0.3) is 22.4 Å². The Morgan fingerprint density at radius 2 is 1.70 bits per heavy atom. The number of allylic oxidation sites excluding steroid dienone is 12. The fraction of sp³-hybridized carbons (Fsp3) is 0.213. The first kappa shape index (κ1) is 39.0. The molecule has 3 N–H and O–H groups in total. The van der Waals surface area contributed by atoms with E-state index >= 15 is 0 Å². The van der Waals surface area contributed by atoms with Gasteiger partial charge in [-0.25, -0.2) is 0 Å². The van der Waals surface area contributed by atoms with Crippen LogP contribution in [-0.4, -0.2) is 13.3 Å². The molecule has 0 bridgehead atoms. The molecule has 3 aromatic rings. The molecule has 0 saturated heterocycles. The molecule has 0 fully saturated rings. The van der Waals surface area contributed by atoms with Gasteiger partial charge < -0.3 is 11.1 Å². The Bertz CT molecular complexity index is 1900. The molecule has 0 spiro atoms. The van der Waals surface area contributed by atoms with Gasteiger partial charge in [-0.05, 0) is 115 Å². The molecule has 3 nitrogen and oxygen atoms in total. The number of rotatable bonds is 7. The van der Waals surface area contributed by atoms with Crippen molar-refractivity contribution in [2.24, 2.45) is 16.6 Å². The van der Waals surface area contributed by atoms with Crippen molar-refractivity contribution in [2.45, 2.75) is 53.4 Å². The van der Waals surface area contributed by atoms with E-state index in [0.717, 1.165) is 28.9 Å². The summed E-state index contributed by atoms with van der Waals surface area (Å²) in [4.78, 5) is 3.71. The lowest BCUT2D eigenvalue weighted by atomic mass is 9.74. The molecule has 3 heteroatoms. The molecule has 2 aliphatic rings. The highest BCUT2D eigenvalue weighted by atomic mass is 14.9. The molecule has 2 aliphatic carbocycles. The van der Waals surface area contributed by atoms with Gasteiger partial charge in [-0.15, -0.1) is 0 Å². The Morgan fingerprint density at radius 3 is 2.30 bits per heavy atom. The molecule has 0 radical (unpaired) electrons. The number of fused-ring (bicyclic) bond motifs is 3. The van der Waals surface area contributed by atoms with E-state index in [1.165, 1.54) is 39.2 Å². The number of nitrogens with two attached hydrogens (primary N) is 1. The quantitative estimate of drug-likeness (QED) is 0.196. The van der Waals surface area contributed by atoms with E-state index in [1.807, 2.05) is 31.2 Å². The van der Waals surface area contributed by atoms with Crippen LogP contribution in [-0.2, 0) is 5.41 Å². The zero-order chi connectivity index (χ0) is 36.5. The fourth-order valence-corrected chi connectivity index (χ4v) is 6.39. The first-order valence-corrected chi connectivity index (χ1v) is 17.3. The van der Waals surface area contributed by atoms with Gasteiger partial charge >= 0.3 is 0 Å². The van der Waals surface area contributed by atoms with Crippen molar-refractivity contribution < 1.29 is 0 Å². The number of hydrogen-bond donors (Lipinski definition) is 2. The van der Waals surface area contributed by atoms with E-state index in [1.54, 1.807) is 31.0 Å². The van der Waals surface area contributed by atoms with Crippen molar-refractivity contribution in [3.8, 4) is 0 Å². The molecule has 1 unspecified atom stereocenters. The van der Waals surface area contributed by atoms with Crippen LogP contribution in [0, 0.1) is 12.8 Å². The Morgan fingerprint density at radius 1 is 0.980 bits per heavy atom. The summed E-state index contributed by atoms with van der Waals surface area (Å²) in [5.41, 5.74) is 16.3. The molecule has 258 valence electrons. The van der Waals surface area contributed by atoms with Crippen LogP contribution in [0.3, 0.4) is 0 Å². The lowest BCUT2D eigenvalue weighted by molar-refractivity contribution is 0.531. The number of aryl methyl sites for hydroxylation is 1. The summed E-state index contributed by atoms with van der Waals surface area (Å²) in [6.45, 7) is 20.6. The molecule has 0 saturated carbocycles. The number of nitrogens with one attached hydrogen (secondary N) is 1. The molecule has 0 amide bonds. The van der Waals surface area contributed by atoms with Gasteiger partial charge in [0.25, 0.3) is 0 Å². The zero-order valence-corrected chi connectivity index (χ0v) is 31.1. The Balaban J connectivity index is 0.000000535. The average molecular weight is 662 g/mol. The average Bonchev–Trinajstić information content (AvgIpc) is 3.33. The van der Waals surface area contributed by atoms with Crippen molar-refractivity contribution in [3.63, 3.8) is 0 Å². The summed E-state index contributed by atoms with van der Waals surface area (Å²) in [5.74, 6) is 0.545. The maximum Gasteiger partial charge on any atom is 0.0464 e. The third-order valence-corrected chi connectivity index (χ3v) is 8.74. The van der Waals surface area contributed by atoms with E-state index in [9.17, 15) is 0 Å². The number of hydrogen-bond acceptors (Lipinski definition) is 3. The van der Waals surface area contributed by atoms with Gasteiger partial charge in [0.2, 0.25) is 0 Å². The van der Waals surface area contributed by atoms with Crippen LogP contribution in [0.1, 0.15) is 63.3 Å². The van der Waals surface area contributed by atoms with Crippen molar-refractivity contribution in [1.82, 2.24) is 0 Å². The Kier molecular flexibility index (Phi) is 15.3. The number of anilines is 2. The monoisotopic (exact) mass is 661 g/mol. The van der Waals surface area contributed by atoms with Crippen LogP contribution in [0.15, 0.2) is 163 Å². The van der Waals surface area contributed by atoms with Crippen LogP contribution in [0.4, 0.5) is 11.4 Å². The smallest absolute Gasteiger partial charge is 0.0464 e. The zero-order valence-electron chi connectivity index (χ0n) is 31.1. The van der Waals surface area contributed by atoms with Crippen molar-refractivity contribution >= 4 is 40.0 Å². The number of benzene rings is 2. The van der Waals surface area contributed by atoms with E-state index in [4.69, 9.17) is 5.73 Å². The fourth-order valence-electron chi connectivity index (χ4n) is 6.39. The van der Waals surface area contributed by atoms with Crippen LogP contribution in [0.5, 0.6) is 0 Å². The summed E-state index contributed by atoms with van der Waals surface area (Å²) in [5, 5.41) is 6.19. The molecule has 0 heterocycles. The van der Waals surface area contributed by atoms with Gasteiger partial charge in [0.05, 0.1) is 0 Å². The molecule has 0 aliphatic heterocycles. The Labute approximate surface area is 301 Å². The van der Waals surface area contributed by atoms with Gasteiger partial charge in [-0.2, -0.15) is 0 Å². The Hall–Kier alpha value is -5.41. The molecular weight excluding hydrogens is 607 g/mol. The first-order valence-electron chi connectivity index (χ1n) is 17.3. The number of nitrogens with zero attached hydrogens (tertiary/aromatic N) is 1. The standard InChI is InChI=1S/C38H39N.C5H9N.C4H7N/c1-7-13-26(2)20-23-31-33-25-34-32-16-12-14-28(4)37(32)38(5,6)35(34)24-29(33)15-10-8-9-11-17-36(31)39-30-21-18-27(3)19-22-30;1-3-4-5-6-2;1-2-3-4-5/h7-13,15-25,28,39H,1,14H2,2-6H3;3-5H,1-2H3;2-4H,1,5H2/b9-8?,10-8?,11-9?,15-10?,17-11?,23-20-,26-13-,29-15?,33-31?,36-17?,36-31?;4-3-,6-5?;4-3-. The molecule has 0 aromatic heterocycles. The predicted octanol–water partition coefficient (Wildman–Crippen LogP) is 12.7. The molecule has 1 atom stereocenters. The van der Waals surface area contributed by atoms with Crippen molar-refractivity contribution in [1.29, 1.82) is 0 Å². The van der Waals surface area contributed by atoms with Gasteiger partial charge in [-0.1, -0.05) is 136 Å². The van der Waals surface area contributed by atoms with Gasteiger partial charge in [0, 0.05) is 35.6 Å². The summed E-state index contributed by atoms with van der Waals surface area (Å²) in [7, 11) is 1.75. The second kappa shape index (κ2) is 19.6. The summed E-state index contributed by atoms with van der Waals surface area (Å²) >= 11 is 0. The molecule has 3 aromatic carbocycles. The van der Waals surface area contributed by atoms with Crippen molar-refractivity contribution in [3.05, 3.63) is 180 Å². The topological polar surface area (TPSA) is 50.4 Å². The molecule has 5 rings (SSSR count). The summed E-state index contributed by atoms with van der Waals surface area (Å²) in [6, 6.07) is 26.3. The SMILES string of the molecule is C/C=C\C=NC.C=C/C=C(C)\C=C/c1c(Nc2ccc(C)cc2)ccccccc2cc3c(cc12)C1=C(C(C)CC=C1)C3(C)C.C=C/C=C\N. The molecular formula is C47H55N3. The second-order valence-electron chi connectivity index (χ2n) is 12.9. The minimum absolute atomic E-state index is 0.00869. The lowest BCUT2D eigenvalue weighted by Gasteiger charge is -2.30. The highest BCUT2D eigenvalue weighted by Gasteiger charge is 2.40. The van der Waals surface area contributed by atoms with Crippen LogP contribution < -0.4 is 11.1 Å². The van der Waals surface area contributed by atoms with Crippen LogP contribution >= 0.6 is 0 Å². The third kappa shape index (κ3) is 10.3. The van der Waals surface area contributed by atoms with E-state index in [0.29, 0.717) is 5.92 Å². The van der Waals surface area contributed by atoms with Crippen LogP contribution in [0.2, 0.25) is 0 Å². The van der Waals surface area contributed by atoms with E-state index in [2.05, 4.69) is 155 Å². The highest BCUT2D eigenvalue weighted by molar-refractivity contribution is 6.00. The third-order valence-electron chi connectivity index (χ3n) is 8.74. The van der Waals surface area contributed by atoms with Gasteiger partial charge in [0.1, 0.15) is 0 Å². The minimum Gasteiger partial charge on any atom is -0.405 e. The normalized spacial score (nSPS) is 16.1. The van der Waals surface area contributed by atoms with Gasteiger partial charge in [-0.3, -0.25) is 4.99 Å². The summed E-state index contributed by atoms with van der Waals surface area (Å²) in [6.07, 6.45) is 24.4. The maximum absolute atomic E-state index is 4.89. The largest absolute Gasteiger partial charge is 0.405 e. The van der Waals surface area contributed by atoms with Gasteiger partial charge in [0.15, 0.2) is 0 Å². The first-order chi connectivity index (χ1) is 24.1. The maximum atomic E-state index is 4.89. The number of aliphatic imine (C=N–C) groups is 1. The second-order valence-corrected chi connectivity index (χ2v) is 12.9. The predicted molar refractivity (Wildman–Crippen MR) is 225 cm³/mol. The summed E-state index contributed by atoms with van der Waals surface area (Å²) < 4.78 is 0. The highest BCUT2D eigenvalue weighted by Crippen LogP contribution is 2.53. The van der Waals surface area contributed by atoms with E-state index in [-0.39, 0.29) is 5.41 Å². The lowest BCUT2D eigenvalue weighted by Crippen LogP contribution is -2.22.